The zero-order valence-corrected chi connectivity index (χ0v) is 14.3. The molecule has 25 heavy (non-hydrogen) atoms. The predicted octanol–water partition coefficient (Wildman–Crippen LogP) is 4.54. The highest BCUT2D eigenvalue weighted by atomic mass is 19.1. The van der Waals surface area contributed by atoms with Crippen molar-refractivity contribution in [1.82, 2.24) is 0 Å². The van der Waals surface area contributed by atoms with Crippen molar-refractivity contribution in [3.8, 4) is 5.75 Å². The van der Waals surface area contributed by atoms with Gasteiger partial charge in [-0.05, 0) is 36.8 Å². The second kappa shape index (κ2) is 9.13. The first-order valence-corrected chi connectivity index (χ1v) is 8.06. The van der Waals surface area contributed by atoms with Crippen molar-refractivity contribution in [2.24, 2.45) is 0 Å². The van der Waals surface area contributed by atoms with Crippen LogP contribution in [0.3, 0.4) is 0 Å². The highest BCUT2D eigenvalue weighted by Crippen LogP contribution is 2.23. The molecule has 0 aliphatic heterocycles. The summed E-state index contributed by atoms with van der Waals surface area (Å²) in [5.41, 5.74) is 0.488. The maximum Gasteiger partial charge on any atom is 0.255 e. The van der Waals surface area contributed by atoms with Crippen LogP contribution in [-0.4, -0.2) is 19.6 Å². The molecule has 4 nitrogen and oxygen atoms in total. The van der Waals surface area contributed by atoms with E-state index in [9.17, 15) is 13.6 Å². The number of ether oxygens (including phenoxy) is 2. The second-order valence-electron chi connectivity index (χ2n) is 5.48. The summed E-state index contributed by atoms with van der Waals surface area (Å²) in [6, 6.07) is 8.16. The van der Waals surface area contributed by atoms with Crippen LogP contribution in [0, 0.1) is 11.6 Å². The van der Waals surface area contributed by atoms with Gasteiger partial charge in [0, 0.05) is 17.7 Å². The van der Waals surface area contributed by atoms with Crippen LogP contribution in [-0.2, 0) is 11.3 Å². The Morgan fingerprint density at radius 3 is 2.52 bits per heavy atom. The lowest BCUT2D eigenvalue weighted by Crippen LogP contribution is -2.15. The number of unbranched alkanes of at least 4 members (excludes halogenated alkanes) is 1. The topological polar surface area (TPSA) is 47.6 Å². The van der Waals surface area contributed by atoms with Crippen LogP contribution >= 0.6 is 0 Å². The van der Waals surface area contributed by atoms with E-state index in [4.69, 9.17) is 9.47 Å². The van der Waals surface area contributed by atoms with Gasteiger partial charge in [0.25, 0.3) is 5.91 Å². The number of halogens is 2. The molecule has 0 unspecified atom stereocenters. The molecule has 2 aromatic rings. The number of anilines is 1. The summed E-state index contributed by atoms with van der Waals surface area (Å²) in [4.78, 5) is 12.3. The van der Waals surface area contributed by atoms with Crippen molar-refractivity contribution in [1.29, 1.82) is 0 Å². The number of hydrogen-bond donors (Lipinski definition) is 1. The van der Waals surface area contributed by atoms with Crippen molar-refractivity contribution in [2.75, 3.05) is 19.0 Å². The van der Waals surface area contributed by atoms with Gasteiger partial charge in [-0.2, -0.15) is 0 Å². The van der Waals surface area contributed by atoms with E-state index in [-0.39, 0.29) is 5.56 Å². The van der Waals surface area contributed by atoms with E-state index < -0.39 is 23.2 Å². The van der Waals surface area contributed by atoms with Crippen LogP contribution in [0.2, 0.25) is 0 Å². The first kappa shape index (κ1) is 18.9. The van der Waals surface area contributed by atoms with Gasteiger partial charge >= 0.3 is 0 Å². The third kappa shape index (κ3) is 5.00. The Bertz CT molecular complexity index is 714. The molecule has 0 aliphatic rings. The van der Waals surface area contributed by atoms with E-state index in [1.807, 2.05) is 0 Å². The second-order valence-corrected chi connectivity index (χ2v) is 5.48. The van der Waals surface area contributed by atoms with Crippen molar-refractivity contribution in [3.63, 3.8) is 0 Å². The Hall–Kier alpha value is -2.47. The maximum absolute atomic E-state index is 13.7. The van der Waals surface area contributed by atoms with Gasteiger partial charge in [0.15, 0.2) is 0 Å². The van der Waals surface area contributed by atoms with Gasteiger partial charge in [-0.25, -0.2) is 8.78 Å². The van der Waals surface area contributed by atoms with E-state index in [2.05, 4.69) is 12.2 Å². The number of carbonyl (C=O) groups excluding carboxylic acids is 1. The van der Waals surface area contributed by atoms with Gasteiger partial charge in [0.1, 0.15) is 23.1 Å². The average Bonchev–Trinajstić information content (AvgIpc) is 2.61. The fraction of sp³-hybridized carbons (Fsp3) is 0.316. The van der Waals surface area contributed by atoms with Crippen molar-refractivity contribution in [2.45, 2.75) is 26.4 Å². The average molecular weight is 349 g/mol. The zero-order valence-electron chi connectivity index (χ0n) is 14.3. The van der Waals surface area contributed by atoms with E-state index in [0.29, 0.717) is 24.5 Å². The molecule has 0 radical (unpaired) electrons. The molecule has 0 saturated heterocycles. The third-order valence-corrected chi connectivity index (χ3v) is 3.64. The third-order valence-electron chi connectivity index (χ3n) is 3.64. The van der Waals surface area contributed by atoms with E-state index in [1.165, 1.54) is 19.2 Å². The number of amides is 1. The summed E-state index contributed by atoms with van der Waals surface area (Å²) in [5, 5.41) is 2.27. The summed E-state index contributed by atoms with van der Waals surface area (Å²) in [6.45, 7) is 2.96. The number of carbonyl (C=O) groups is 1. The lowest BCUT2D eigenvalue weighted by Gasteiger charge is -2.12. The molecule has 0 spiro atoms. The molecule has 134 valence electrons. The summed E-state index contributed by atoms with van der Waals surface area (Å²) in [7, 11) is 1.53. The predicted molar refractivity (Wildman–Crippen MR) is 91.9 cm³/mol. The van der Waals surface area contributed by atoms with Gasteiger partial charge in [-0.15, -0.1) is 0 Å². The van der Waals surface area contributed by atoms with Crippen LogP contribution in [0.1, 0.15) is 35.7 Å². The highest BCUT2D eigenvalue weighted by Gasteiger charge is 2.15. The van der Waals surface area contributed by atoms with E-state index >= 15 is 0 Å². The minimum atomic E-state index is -0.829. The molecule has 0 saturated carbocycles. The van der Waals surface area contributed by atoms with E-state index in [0.717, 1.165) is 25.0 Å². The zero-order chi connectivity index (χ0) is 18.2. The molecule has 0 aromatic heterocycles. The summed E-state index contributed by atoms with van der Waals surface area (Å²) >= 11 is 0. The van der Waals surface area contributed by atoms with E-state index in [1.54, 1.807) is 12.1 Å². The lowest BCUT2D eigenvalue weighted by molar-refractivity contribution is 0.102. The minimum absolute atomic E-state index is 0.262. The molecule has 0 aliphatic carbocycles. The number of benzene rings is 2. The first-order chi connectivity index (χ1) is 12.1. The summed E-state index contributed by atoms with van der Waals surface area (Å²) in [5.74, 6) is -1.68. The molecular formula is C19H21F2NO3. The Morgan fingerprint density at radius 2 is 1.88 bits per heavy atom. The Morgan fingerprint density at radius 1 is 1.16 bits per heavy atom. The molecule has 1 amide bonds. The maximum atomic E-state index is 13.7. The van der Waals surface area contributed by atoms with Crippen LogP contribution < -0.4 is 10.1 Å². The first-order valence-electron chi connectivity index (χ1n) is 8.06. The van der Waals surface area contributed by atoms with Crippen LogP contribution in [0.4, 0.5) is 14.5 Å². The SMILES string of the molecule is CCCCOCc1cc(C(=O)Nc2c(F)cccc2F)ccc1OC. The monoisotopic (exact) mass is 349 g/mol. The van der Waals surface area contributed by atoms with Crippen molar-refractivity contribution >= 4 is 11.6 Å². The molecule has 2 aromatic carbocycles. The Labute approximate surface area is 145 Å². The molecule has 0 bridgehead atoms. The number of nitrogens with one attached hydrogen (secondary N) is 1. The van der Waals surface area contributed by atoms with Gasteiger partial charge in [0.05, 0.1) is 13.7 Å². The lowest BCUT2D eigenvalue weighted by atomic mass is 10.1. The smallest absolute Gasteiger partial charge is 0.255 e. The van der Waals surface area contributed by atoms with Gasteiger partial charge < -0.3 is 14.8 Å². The van der Waals surface area contributed by atoms with Gasteiger partial charge in [-0.3, -0.25) is 4.79 Å². The van der Waals surface area contributed by atoms with Gasteiger partial charge in [0.2, 0.25) is 0 Å². The normalized spacial score (nSPS) is 10.6. The number of rotatable bonds is 8. The summed E-state index contributed by atoms with van der Waals surface area (Å²) in [6.07, 6.45) is 1.96. The molecular weight excluding hydrogens is 328 g/mol. The molecule has 0 atom stereocenters. The molecule has 1 N–H and O–H groups in total. The largest absolute Gasteiger partial charge is 0.496 e. The Kier molecular flexibility index (Phi) is 6.89. The van der Waals surface area contributed by atoms with Gasteiger partial charge in [-0.1, -0.05) is 19.4 Å². The molecule has 6 heteroatoms. The quantitative estimate of drug-likeness (QED) is 0.712. The Balaban J connectivity index is 2.16. The van der Waals surface area contributed by atoms with Crippen molar-refractivity contribution in [3.05, 3.63) is 59.2 Å². The van der Waals surface area contributed by atoms with Crippen LogP contribution in [0.15, 0.2) is 36.4 Å². The minimum Gasteiger partial charge on any atom is -0.496 e. The molecule has 2 rings (SSSR count). The fourth-order valence-corrected chi connectivity index (χ4v) is 2.26. The van der Waals surface area contributed by atoms with Crippen LogP contribution in [0.5, 0.6) is 5.75 Å². The number of methoxy groups -OCH3 is 1. The molecule has 0 fully saturated rings. The summed E-state index contributed by atoms with van der Waals surface area (Å²) < 4.78 is 38.2. The van der Waals surface area contributed by atoms with Crippen LogP contribution in [0.25, 0.3) is 0 Å². The highest BCUT2D eigenvalue weighted by molar-refractivity contribution is 6.04. The standard InChI is InChI=1S/C19H21F2NO3/c1-3-4-10-25-12-14-11-13(8-9-17(14)24-2)19(23)22-18-15(20)6-5-7-16(18)21/h5-9,11H,3-4,10,12H2,1-2H3,(H,22,23). The number of hydrogen-bond acceptors (Lipinski definition) is 3. The van der Waals surface area contributed by atoms with Crippen molar-refractivity contribution < 1.29 is 23.0 Å². The number of para-hydroxylation sites is 1. The fourth-order valence-electron chi connectivity index (χ4n) is 2.26. The molecule has 0 heterocycles.